The van der Waals surface area contributed by atoms with Crippen LogP contribution in [-0.4, -0.2) is 4.98 Å². The van der Waals surface area contributed by atoms with E-state index in [4.69, 9.17) is 0 Å². The lowest BCUT2D eigenvalue weighted by molar-refractivity contribution is -0.375. The molecule has 0 aliphatic heterocycles. The third-order valence-corrected chi connectivity index (χ3v) is 0.442. The van der Waals surface area contributed by atoms with E-state index in [1.807, 2.05) is 12.4 Å². The van der Waals surface area contributed by atoms with E-state index in [0.29, 0.717) is 0 Å². The van der Waals surface area contributed by atoms with Crippen LogP contribution >= 0.6 is 0 Å². The molecule has 1 aromatic rings. The first kappa shape index (κ1) is 10.4. The highest BCUT2D eigenvalue weighted by Crippen LogP contribution is 1.53. The van der Waals surface area contributed by atoms with E-state index in [1.54, 1.807) is 6.33 Å². The molecule has 2 N–H and O–H groups in total. The van der Waals surface area contributed by atoms with Crippen LogP contribution in [0.1, 0.15) is 0 Å². The van der Waals surface area contributed by atoms with E-state index in [0.717, 1.165) is 0 Å². The van der Waals surface area contributed by atoms with Crippen LogP contribution in [0, 0.1) is 0 Å². The SMILES string of the molecule is [Br-].[I-].c1c[nH+]c[nH]1. The molecule has 0 atom stereocenters. The summed E-state index contributed by atoms with van der Waals surface area (Å²) >= 11 is 0. The Morgan fingerprint density at radius 3 is 2.29 bits per heavy atom. The lowest BCUT2D eigenvalue weighted by Crippen LogP contribution is -3.00. The number of aromatic amines is 2. The quantitative estimate of drug-likeness (QED) is 0.457. The largest absolute Gasteiger partial charge is 1.00 e. The molecule has 0 aliphatic rings. The number of halogens is 2. The van der Waals surface area contributed by atoms with Crippen molar-refractivity contribution < 1.29 is 45.9 Å². The van der Waals surface area contributed by atoms with E-state index >= 15 is 0 Å². The van der Waals surface area contributed by atoms with Crippen LogP contribution in [0.25, 0.3) is 0 Å². The summed E-state index contributed by atoms with van der Waals surface area (Å²) in [4.78, 5) is 5.61. The van der Waals surface area contributed by atoms with Crippen molar-refractivity contribution >= 4 is 0 Å². The minimum Gasteiger partial charge on any atom is -1.00 e. The van der Waals surface area contributed by atoms with Crippen molar-refractivity contribution in [3.8, 4) is 0 Å². The van der Waals surface area contributed by atoms with Crippen molar-refractivity contribution in [1.29, 1.82) is 0 Å². The molecule has 0 unspecified atom stereocenters. The summed E-state index contributed by atoms with van der Waals surface area (Å²) in [6.45, 7) is 0. The Hall–Kier alpha value is 0.420. The molecule has 0 bridgehead atoms. The smallest absolute Gasteiger partial charge is 0.239 e. The van der Waals surface area contributed by atoms with Crippen LogP contribution in [0.5, 0.6) is 0 Å². The Morgan fingerprint density at radius 2 is 2.14 bits per heavy atom. The highest BCUT2D eigenvalue weighted by molar-refractivity contribution is 4.52. The highest BCUT2D eigenvalue weighted by atomic mass is 127. The number of hydrogen-bond donors (Lipinski definition) is 1. The Bertz CT molecular complexity index is 69.4. The van der Waals surface area contributed by atoms with Gasteiger partial charge in [0.2, 0.25) is 6.33 Å². The Balaban J connectivity index is 0. The molecule has 1 rings (SSSR count). The molecule has 1 aromatic heterocycles. The van der Waals surface area contributed by atoms with Crippen molar-refractivity contribution in [3.63, 3.8) is 0 Å². The lowest BCUT2D eigenvalue weighted by atomic mass is 11.0. The highest BCUT2D eigenvalue weighted by Gasteiger charge is 1.65. The van der Waals surface area contributed by atoms with Gasteiger partial charge in [-0.1, -0.05) is 0 Å². The fraction of sp³-hybridized carbons (Fsp3) is 0. The van der Waals surface area contributed by atoms with E-state index in [-0.39, 0.29) is 41.0 Å². The van der Waals surface area contributed by atoms with Crippen molar-refractivity contribution in [1.82, 2.24) is 4.98 Å². The predicted octanol–water partition coefficient (Wildman–Crippen LogP) is -6.16. The second-order valence-corrected chi connectivity index (χ2v) is 0.811. The minimum absolute atomic E-state index is 0. The third-order valence-electron chi connectivity index (χ3n) is 0.442. The Morgan fingerprint density at radius 1 is 1.43 bits per heavy atom. The Kier molecular flexibility index (Phi) is 9.55. The van der Waals surface area contributed by atoms with Gasteiger partial charge in [-0.2, -0.15) is 0 Å². The Labute approximate surface area is 69.5 Å². The molecule has 0 radical (unpaired) electrons. The van der Waals surface area contributed by atoms with Crippen LogP contribution in [-0.2, 0) is 0 Å². The van der Waals surface area contributed by atoms with Crippen LogP contribution in [0.15, 0.2) is 18.7 Å². The zero-order valence-corrected chi connectivity index (χ0v) is 7.23. The van der Waals surface area contributed by atoms with Gasteiger partial charge < -0.3 is 41.0 Å². The molecular formula is C3H5BrIN2-. The zero-order valence-electron chi connectivity index (χ0n) is 3.49. The summed E-state index contributed by atoms with van der Waals surface area (Å²) < 4.78 is 0. The summed E-state index contributed by atoms with van der Waals surface area (Å²) in [5.41, 5.74) is 0. The molecule has 42 valence electrons. The number of imidazole rings is 1. The van der Waals surface area contributed by atoms with E-state index in [9.17, 15) is 0 Å². The van der Waals surface area contributed by atoms with Gasteiger partial charge in [-0.25, -0.2) is 0 Å². The number of nitrogens with one attached hydrogen (secondary N) is 2. The maximum atomic E-state index is 2.81. The van der Waals surface area contributed by atoms with Gasteiger partial charge >= 0.3 is 0 Å². The van der Waals surface area contributed by atoms with Crippen molar-refractivity contribution in [2.75, 3.05) is 0 Å². The molecule has 1 heterocycles. The molecule has 0 aliphatic carbocycles. The second-order valence-electron chi connectivity index (χ2n) is 0.811. The summed E-state index contributed by atoms with van der Waals surface area (Å²) in [5.74, 6) is 0. The molecule has 2 nitrogen and oxygen atoms in total. The monoisotopic (exact) mass is 275 g/mol. The number of aromatic nitrogens is 2. The molecule has 0 saturated heterocycles. The normalized spacial score (nSPS) is 5.71. The third kappa shape index (κ3) is 4.27. The van der Waals surface area contributed by atoms with Gasteiger partial charge in [-0.3, -0.25) is 9.97 Å². The topological polar surface area (TPSA) is 29.9 Å². The zero-order chi connectivity index (χ0) is 3.54. The molecule has 0 amide bonds. The first-order valence-corrected chi connectivity index (χ1v) is 1.49. The molecular weight excluding hydrogens is 271 g/mol. The average molecular weight is 276 g/mol. The van der Waals surface area contributed by atoms with Crippen LogP contribution < -0.4 is 45.9 Å². The molecule has 0 saturated carbocycles. The van der Waals surface area contributed by atoms with Crippen molar-refractivity contribution in [2.45, 2.75) is 0 Å². The molecule has 0 fully saturated rings. The van der Waals surface area contributed by atoms with Crippen LogP contribution in [0.4, 0.5) is 0 Å². The second kappa shape index (κ2) is 6.42. The summed E-state index contributed by atoms with van der Waals surface area (Å²) in [6, 6.07) is 0. The minimum atomic E-state index is 0. The average Bonchev–Trinajstić information content (AvgIpc) is 1.76. The van der Waals surface area contributed by atoms with Gasteiger partial charge in [0.15, 0.2) is 0 Å². The first-order chi connectivity index (χ1) is 2.50. The fourth-order valence-electron chi connectivity index (χ4n) is 0.241. The van der Waals surface area contributed by atoms with Gasteiger partial charge in [0.05, 0.1) is 0 Å². The maximum absolute atomic E-state index is 2.81. The van der Waals surface area contributed by atoms with E-state index in [2.05, 4.69) is 9.97 Å². The lowest BCUT2D eigenvalue weighted by Gasteiger charge is -1.37. The van der Waals surface area contributed by atoms with Crippen LogP contribution in [0.2, 0.25) is 0 Å². The fourth-order valence-corrected chi connectivity index (χ4v) is 0.241. The predicted molar refractivity (Wildman–Crippen MR) is 17.3 cm³/mol. The van der Waals surface area contributed by atoms with E-state index < -0.39 is 0 Å². The molecule has 0 spiro atoms. The maximum Gasteiger partial charge on any atom is 0.239 e. The van der Waals surface area contributed by atoms with Gasteiger partial charge in [0, 0.05) is 0 Å². The molecule has 4 heteroatoms. The number of hydrogen-bond acceptors (Lipinski definition) is 0. The standard InChI is InChI=1S/C3H4N2.BrH.HI/c1-2-5-3-4-1;;/h1-3H,(H,4,5);2*1H/p-1. The molecule has 7 heavy (non-hydrogen) atoms. The number of H-pyrrole nitrogens is 2. The number of rotatable bonds is 0. The summed E-state index contributed by atoms with van der Waals surface area (Å²) in [5, 5.41) is 0. The van der Waals surface area contributed by atoms with Gasteiger partial charge in [0.1, 0.15) is 12.4 Å². The summed E-state index contributed by atoms with van der Waals surface area (Å²) in [6.07, 6.45) is 5.39. The van der Waals surface area contributed by atoms with Crippen LogP contribution in [0.3, 0.4) is 0 Å². The van der Waals surface area contributed by atoms with E-state index in [1.165, 1.54) is 0 Å². The van der Waals surface area contributed by atoms with Gasteiger partial charge in [-0.15, -0.1) is 0 Å². The van der Waals surface area contributed by atoms with Crippen molar-refractivity contribution in [2.24, 2.45) is 0 Å². The van der Waals surface area contributed by atoms with Gasteiger partial charge in [-0.05, 0) is 0 Å². The first-order valence-electron chi connectivity index (χ1n) is 1.49. The van der Waals surface area contributed by atoms with Crippen molar-refractivity contribution in [3.05, 3.63) is 18.7 Å². The summed E-state index contributed by atoms with van der Waals surface area (Å²) in [7, 11) is 0. The van der Waals surface area contributed by atoms with Gasteiger partial charge in [0.25, 0.3) is 0 Å². The molecule has 0 aromatic carbocycles.